The second kappa shape index (κ2) is 2.87. The molecule has 0 spiro atoms. The summed E-state index contributed by atoms with van der Waals surface area (Å²) in [5, 5.41) is 0. The zero-order valence-electron chi connectivity index (χ0n) is 6.81. The average molecular weight is 133 g/mol. The van der Waals surface area contributed by atoms with E-state index in [1.807, 2.05) is 6.07 Å². The molecule has 1 radical (unpaired) electrons. The zero-order chi connectivity index (χ0) is 7.56. The van der Waals surface area contributed by atoms with Crippen LogP contribution in [0.1, 0.15) is 30.9 Å². The minimum atomic E-state index is 0.621. The van der Waals surface area contributed by atoms with Crippen LogP contribution in [0.4, 0.5) is 0 Å². The average Bonchev–Trinajstić information content (AvgIpc) is 1.88. The fourth-order valence-electron chi connectivity index (χ4n) is 0.949. The van der Waals surface area contributed by atoms with Crippen molar-refractivity contribution in [3.8, 4) is 0 Å². The predicted molar refractivity (Wildman–Crippen MR) is 44.1 cm³/mol. The Morgan fingerprint density at radius 2 is 2.00 bits per heavy atom. The van der Waals surface area contributed by atoms with Crippen LogP contribution in [0.3, 0.4) is 0 Å². The van der Waals surface area contributed by atoms with E-state index in [9.17, 15) is 0 Å². The molecule has 0 N–H and O–H groups in total. The molecule has 0 aromatic heterocycles. The van der Waals surface area contributed by atoms with E-state index in [0.717, 1.165) is 0 Å². The van der Waals surface area contributed by atoms with Gasteiger partial charge in [-0.2, -0.15) is 0 Å². The summed E-state index contributed by atoms with van der Waals surface area (Å²) in [5.41, 5.74) is 2.67. The van der Waals surface area contributed by atoms with Crippen molar-refractivity contribution in [3.63, 3.8) is 0 Å². The lowest BCUT2D eigenvalue weighted by Crippen LogP contribution is -1.86. The molecule has 0 unspecified atom stereocenters. The maximum atomic E-state index is 3.11. The molecule has 0 aliphatic heterocycles. The second-order valence-electron chi connectivity index (χ2n) is 3.00. The van der Waals surface area contributed by atoms with E-state index in [1.54, 1.807) is 0 Å². The molecular weight excluding hydrogens is 120 g/mol. The molecule has 0 saturated carbocycles. The Labute approximate surface area is 62.9 Å². The van der Waals surface area contributed by atoms with Crippen molar-refractivity contribution in [1.82, 2.24) is 0 Å². The summed E-state index contributed by atoms with van der Waals surface area (Å²) in [5.74, 6) is 0.621. The maximum Gasteiger partial charge on any atom is -0.0178 e. The Morgan fingerprint density at radius 1 is 1.30 bits per heavy atom. The lowest BCUT2D eigenvalue weighted by Gasteiger charge is -2.04. The van der Waals surface area contributed by atoms with Crippen LogP contribution in [0.25, 0.3) is 0 Å². The Bertz CT molecular complexity index is 211. The fraction of sp³-hybridized carbons (Fsp3) is 0.400. The Morgan fingerprint density at radius 3 is 2.40 bits per heavy atom. The first-order valence-electron chi connectivity index (χ1n) is 3.68. The summed E-state index contributed by atoms with van der Waals surface area (Å²) in [6.07, 6.45) is 0. The summed E-state index contributed by atoms with van der Waals surface area (Å²) in [7, 11) is 0. The first-order chi connectivity index (χ1) is 4.70. The van der Waals surface area contributed by atoms with Crippen LogP contribution in [0.15, 0.2) is 18.2 Å². The Hall–Kier alpha value is -0.780. The third-order valence-corrected chi connectivity index (χ3v) is 1.62. The molecule has 53 valence electrons. The molecule has 0 fully saturated rings. The summed E-state index contributed by atoms with van der Waals surface area (Å²) in [6, 6.07) is 9.38. The topological polar surface area (TPSA) is 0 Å². The molecule has 0 atom stereocenters. The maximum absolute atomic E-state index is 3.11. The third-order valence-electron chi connectivity index (χ3n) is 1.62. The van der Waals surface area contributed by atoms with Crippen LogP contribution >= 0.6 is 0 Å². The van der Waals surface area contributed by atoms with E-state index in [-0.39, 0.29) is 0 Å². The molecule has 0 heterocycles. The lowest BCUT2D eigenvalue weighted by atomic mass is 10.0. The molecule has 10 heavy (non-hydrogen) atoms. The van der Waals surface area contributed by atoms with Gasteiger partial charge in [-0.15, -0.1) is 0 Å². The minimum absolute atomic E-state index is 0.621. The van der Waals surface area contributed by atoms with E-state index in [0.29, 0.717) is 5.92 Å². The van der Waals surface area contributed by atoms with Crippen LogP contribution in [0, 0.1) is 13.0 Å². The van der Waals surface area contributed by atoms with Crippen molar-refractivity contribution in [2.24, 2.45) is 0 Å². The van der Waals surface area contributed by atoms with Crippen LogP contribution in [-0.2, 0) is 0 Å². The van der Waals surface area contributed by atoms with Gasteiger partial charge in [0.05, 0.1) is 0 Å². The van der Waals surface area contributed by atoms with Crippen molar-refractivity contribution in [1.29, 1.82) is 0 Å². The summed E-state index contributed by atoms with van der Waals surface area (Å²) in [4.78, 5) is 0. The number of hydrogen-bond donors (Lipinski definition) is 0. The highest BCUT2D eigenvalue weighted by Gasteiger charge is 1.96. The molecule has 1 rings (SSSR count). The number of aryl methyl sites for hydroxylation is 1. The molecule has 0 amide bonds. The van der Waals surface area contributed by atoms with E-state index in [2.05, 4.69) is 39.0 Å². The van der Waals surface area contributed by atoms with Crippen molar-refractivity contribution in [3.05, 3.63) is 35.4 Å². The number of rotatable bonds is 1. The highest BCUT2D eigenvalue weighted by atomic mass is 14.0. The first-order valence-corrected chi connectivity index (χ1v) is 3.68. The molecular formula is C10H13. The van der Waals surface area contributed by atoms with Crippen LogP contribution < -0.4 is 0 Å². The van der Waals surface area contributed by atoms with Crippen molar-refractivity contribution >= 4 is 0 Å². The van der Waals surface area contributed by atoms with Gasteiger partial charge in [0.2, 0.25) is 0 Å². The Kier molecular flexibility index (Phi) is 2.10. The van der Waals surface area contributed by atoms with Crippen molar-refractivity contribution < 1.29 is 0 Å². The van der Waals surface area contributed by atoms with Gasteiger partial charge in [-0.25, -0.2) is 0 Å². The molecule has 0 heteroatoms. The third kappa shape index (κ3) is 1.60. The van der Waals surface area contributed by atoms with E-state index >= 15 is 0 Å². The molecule has 1 aromatic carbocycles. The van der Waals surface area contributed by atoms with Crippen molar-refractivity contribution in [2.45, 2.75) is 26.7 Å². The second-order valence-corrected chi connectivity index (χ2v) is 3.00. The van der Waals surface area contributed by atoms with E-state index in [4.69, 9.17) is 0 Å². The van der Waals surface area contributed by atoms with Gasteiger partial charge in [-0.1, -0.05) is 37.6 Å². The van der Waals surface area contributed by atoms with E-state index in [1.165, 1.54) is 11.1 Å². The van der Waals surface area contributed by atoms with Gasteiger partial charge >= 0.3 is 0 Å². The standard InChI is InChI=1S/C10H13/c1-8(2)10-6-4-5-9(3)7-10/h5-8H,1-3H3. The Balaban J connectivity index is 2.96. The van der Waals surface area contributed by atoms with Gasteiger partial charge in [-0.05, 0) is 24.5 Å². The SMILES string of the molecule is Cc1c[c]cc(C(C)C)c1. The summed E-state index contributed by atoms with van der Waals surface area (Å²) in [6.45, 7) is 6.49. The fourth-order valence-corrected chi connectivity index (χ4v) is 0.949. The van der Waals surface area contributed by atoms with Gasteiger partial charge in [-0.3, -0.25) is 0 Å². The van der Waals surface area contributed by atoms with Gasteiger partial charge in [0, 0.05) is 0 Å². The molecule has 0 aliphatic carbocycles. The van der Waals surface area contributed by atoms with Crippen LogP contribution in [0.5, 0.6) is 0 Å². The monoisotopic (exact) mass is 133 g/mol. The minimum Gasteiger partial charge on any atom is -0.0587 e. The molecule has 0 nitrogen and oxygen atoms in total. The van der Waals surface area contributed by atoms with Gasteiger partial charge in [0.1, 0.15) is 0 Å². The molecule has 1 aromatic rings. The zero-order valence-corrected chi connectivity index (χ0v) is 6.81. The molecule has 0 aliphatic rings. The van der Waals surface area contributed by atoms with E-state index < -0.39 is 0 Å². The smallest absolute Gasteiger partial charge is 0.0178 e. The summed E-state index contributed by atoms with van der Waals surface area (Å²) < 4.78 is 0. The van der Waals surface area contributed by atoms with Crippen LogP contribution in [-0.4, -0.2) is 0 Å². The quantitative estimate of drug-likeness (QED) is 0.552. The molecule has 0 saturated heterocycles. The van der Waals surface area contributed by atoms with Crippen molar-refractivity contribution in [2.75, 3.05) is 0 Å². The largest absolute Gasteiger partial charge is 0.0587 e. The van der Waals surface area contributed by atoms with Gasteiger partial charge < -0.3 is 0 Å². The number of benzene rings is 1. The highest BCUT2D eigenvalue weighted by Crippen LogP contribution is 2.14. The van der Waals surface area contributed by atoms with Gasteiger partial charge in [0.25, 0.3) is 0 Å². The van der Waals surface area contributed by atoms with Crippen LogP contribution in [0.2, 0.25) is 0 Å². The summed E-state index contributed by atoms with van der Waals surface area (Å²) >= 11 is 0. The molecule has 0 bridgehead atoms. The first kappa shape index (κ1) is 7.33. The van der Waals surface area contributed by atoms with Gasteiger partial charge in [0.15, 0.2) is 0 Å². The highest BCUT2D eigenvalue weighted by molar-refractivity contribution is 5.23. The lowest BCUT2D eigenvalue weighted by molar-refractivity contribution is 0.864. The normalized spacial score (nSPS) is 10.4. The predicted octanol–water partition coefficient (Wildman–Crippen LogP) is 2.92. The number of hydrogen-bond acceptors (Lipinski definition) is 0.